The van der Waals surface area contributed by atoms with Gasteiger partial charge in [0.25, 0.3) is 0 Å². The zero-order valence-corrected chi connectivity index (χ0v) is 17.0. The molecule has 2 aromatic rings. The van der Waals surface area contributed by atoms with E-state index in [0.717, 1.165) is 38.5 Å². The van der Waals surface area contributed by atoms with Gasteiger partial charge in [-0.05, 0) is 50.6 Å². The number of anilines is 1. The SMILES string of the molecule is COc1ccccc1N1CCN([C@@H]2CCCN(CCCn3cccn3)C2)CC1. The number of hydrogen-bond acceptors (Lipinski definition) is 5. The Morgan fingerprint density at radius 1 is 1.04 bits per heavy atom. The number of methoxy groups -OCH3 is 1. The van der Waals surface area contributed by atoms with Crippen molar-refractivity contribution in [2.75, 3.05) is 57.8 Å². The summed E-state index contributed by atoms with van der Waals surface area (Å²) in [5.74, 6) is 0.983. The molecule has 1 aromatic heterocycles. The summed E-state index contributed by atoms with van der Waals surface area (Å²) >= 11 is 0. The second-order valence-corrected chi connectivity index (χ2v) is 7.91. The molecule has 152 valence electrons. The largest absolute Gasteiger partial charge is 0.495 e. The molecule has 3 heterocycles. The Balaban J connectivity index is 1.25. The second-order valence-electron chi connectivity index (χ2n) is 7.91. The summed E-state index contributed by atoms with van der Waals surface area (Å²) in [5, 5.41) is 4.31. The van der Waals surface area contributed by atoms with Crippen LogP contribution < -0.4 is 9.64 Å². The number of aromatic nitrogens is 2. The standard InChI is InChI=1S/C22H33N5O/c1-28-22-9-3-2-8-21(22)26-17-15-25(16-18-26)20-7-4-11-24(19-20)12-6-14-27-13-5-10-23-27/h2-3,5,8-10,13,20H,4,6-7,11-12,14-19H2,1H3/t20-/m1/s1. The molecule has 2 aliphatic rings. The van der Waals surface area contributed by atoms with Crippen molar-refractivity contribution in [3.8, 4) is 5.75 Å². The summed E-state index contributed by atoms with van der Waals surface area (Å²) in [6.45, 7) is 9.11. The average molecular weight is 384 g/mol. The summed E-state index contributed by atoms with van der Waals surface area (Å²) in [4.78, 5) is 7.84. The summed E-state index contributed by atoms with van der Waals surface area (Å²) in [6.07, 6.45) is 7.75. The lowest BCUT2D eigenvalue weighted by Crippen LogP contribution is -2.55. The number of ether oxygens (including phenoxy) is 1. The van der Waals surface area contributed by atoms with Crippen LogP contribution in [0.25, 0.3) is 0 Å². The monoisotopic (exact) mass is 383 g/mol. The number of hydrogen-bond donors (Lipinski definition) is 0. The zero-order valence-electron chi connectivity index (χ0n) is 17.0. The minimum atomic E-state index is 0.707. The Morgan fingerprint density at radius 2 is 1.89 bits per heavy atom. The summed E-state index contributed by atoms with van der Waals surface area (Å²) in [5.41, 5.74) is 1.23. The maximum Gasteiger partial charge on any atom is 0.142 e. The van der Waals surface area contributed by atoms with E-state index in [2.05, 4.69) is 44.2 Å². The van der Waals surface area contributed by atoms with E-state index in [0.29, 0.717) is 6.04 Å². The van der Waals surface area contributed by atoms with Crippen LogP contribution in [0.2, 0.25) is 0 Å². The van der Waals surface area contributed by atoms with E-state index < -0.39 is 0 Å². The Hall–Kier alpha value is -2.05. The third kappa shape index (κ3) is 4.67. The molecule has 0 aliphatic carbocycles. The molecule has 1 aromatic carbocycles. The number of nitrogens with zero attached hydrogens (tertiary/aromatic N) is 5. The van der Waals surface area contributed by atoms with Gasteiger partial charge in [0.2, 0.25) is 0 Å². The first kappa shape index (κ1) is 19.3. The van der Waals surface area contributed by atoms with Crippen molar-refractivity contribution >= 4 is 5.69 Å². The molecule has 28 heavy (non-hydrogen) atoms. The van der Waals surface area contributed by atoms with Crippen molar-refractivity contribution in [3.05, 3.63) is 42.7 Å². The zero-order chi connectivity index (χ0) is 19.2. The molecule has 0 unspecified atom stereocenters. The third-order valence-electron chi connectivity index (χ3n) is 6.16. The Morgan fingerprint density at radius 3 is 2.68 bits per heavy atom. The van der Waals surface area contributed by atoms with Crippen LogP contribution in [0.1, 0.15) is 19.3 Å². The molecule has 0 radical (unpaired) electrons. The molecule has 0 bridgehead atoms. The molecule has 2 aliphatic heterocycles. The van der Waals surface area contributed by atoms with Crippen LogP contribution in [-0.2, 0) is 6.54 Å². The quantitative estimate of drug-likeness (QED) is 0.735. The van der Waals surface area contributed by atoms with Gasteiger partial charge in [0.1, 0.15) is 5.75 Å². The van der Waals surface area contributed by atoms with Crippen molar-refractivity contribution in [2.24, 2.45) is 0 Å². The van der Waals surface area contributed by atoms with Crippen LogP contribution in [0.3, 0.4) is 0 Å². The van der Waals surface area contributed by atoms with Gasteiger partial charge in [0, 0.05) is 57.7 Å². The third-order valence-corrected chi connectivity index (χ3v) is 6.16. The van der Waals surface area contributed by atoms with Gasteiger partial charge < -0.3 is 14.5 Å². The molecule has 6 nitrogen and oxygen atoms in total. The number of piperidine rings is 1. The molecule has 2 saturated heterocycles. The fourth-order valence-corrected chi connectivity index (χ4v) is 4.64. The van der Waals surface area contributed by atoms with E-state index in [1.54, 1.807) is 7.11 Å². The fraction of sp³-hybridized carbons (Fsp3) is 0.591. The normalized spacial score (nSPS) is 21.8. The lowest BCUT2D eigenvalue weighted by Gasteiger charge is -2.44. The highest BCUT2D eigenvalue weighted by Gasteiger charge is 2.28. The molecular formula is C22H33N5O. The molecular weight excluding hydrogens is 350 g/mol. The minimum Gasteiger partial charge on any atom is -0.495 e. The van der Waals surface area contributed by atoms with Gasteiger partial charge in [-0.1, -0.05) is 12.1 Å². The highest BCUT2D eigenvalue weighted by Crippen LogP contribution is 2.29. The van der Waals surface area contributed by atoms with Crippen molar-refractivity contribution in [3.63, 3.8) is 0 Å². The average Bonchev–Trinajstić information content (AvgIpc) is 3.28. The predicted molar refractivity (Wildman–Crippen MR) is 113 cm³/mol. The number of likely N-dealkylation sites (tertiary alicyclic amines) is 1. The number of aryl methyl sites for hydroxylation is 1. The minimum absolute atomic E-state index is 0.707. The van der Waals surface area contributed by atoms with Gasteiger partial charge in [-0.25, -0.2) is 0 Å². The Labute approximate surface area is 168 Å². The van der Waals surface area contributed by atoms with Crippen molar-refractivity contribution in [2.45, 2.75) is 31.8 Å². The first-order chi connectivity index (χ1) is 13.8. The topological polar surface area (TPSA) is 36.8 Å². The van der Waals surface area contributed by atoms with E-state index in [-0.39, 0.29) is 0 Å². The van der Waals surface area contributed by atoms with Crippen molar-refractivity contribution < 1.29 is 4.74 Å². The lowest BCUT2D eigenvalue weighted by molar-refractivity contribution is 0.0911. The van der Waals surface area contributed by atoms with E-state index in [1.165, 1.54) is 44.6 Å². The first-order valence-corrected chi connectivity index (χ1v) is 10.7. The second kappa shape index (κ2) is 9.43. The molecule has 4 rings (SSSR count). The predicted octanol–water partition coefficient (Wildman–Crippen LogP) is 2.57. The van der Waals surface area contributed by atoms with Gasteiger partial charge in [0.15, 0.2) is 0 Å². The Bertz CT molecular complexity index is 711. The summed E-state index contributed by atoms with van der Waals surface area (Å²) in [6, 6.07) is 11.1. The molecule has 0 saturated carbocycles. The maximum atomic E-state index is 5.55. The number of piperazine rings is 1. The van der Waals surface area contributed by atoms with Crippen LogP contribution in [0, 0.1) is 0 Å². The van der Waals surface area contributed by atoms with Crippen LogP contribution in [-0.4, -0.2) is 78.5 Å². The number of rotatable bonds is 7. The van der Waals surface area contributed by atoms with Crippen molar-refractivity contribution in [1.29, 1.82) is 0 Å². The van der Waals surface area contributed by atoms with Gasteiger partial charge >= 0.3 is 0 Å². The molecule has 0 amide bonds. The Kier molecular flexibility index (Phi) is 6.49. The fourth-order valence-electron chi connectivity index (χ4n) is 4.64. The van der Waals surface area contributed by atoms with Crippen LogP contribution in [0.15, 0.2) is 42.7 Å². The highest BCUT2D eigenvalue weighted by atomic mass is 16.5. The van der Waals surface area contributed by atoms with E-state index in [1.807, 2.05) is 23.0 Å². The van der Waals surface area contributed by atoms with Gasteiger partial charge in [-0.2, -0.15) is 5.10 Å². The molecule has 6 heteroatoms. The summed E-state index contributed by atoms with van der Waals surface area (Å²) in [7, 11) is 1.76. The number of para-hydroxylation sites is 2. The van der Waals surface area contributed by atoms with Crippen LogP contribution in [0.4, 0.5) is 5.69 Å². The van der Waals surface area contributed by atoms with Crippen LogP contribution in [0.5, 0.6) is 5.75 Å². The van der Waals surface area contributed by atoms with E-state index in [4.69, 9.17) is 4.74 Å². The summed E-state index contributed by atoms with van der Waals surface area (Å²) < 4.78 is 7.59. The lowest BCUT2D eigenvalue weighted by atomic mass is 10.0. The maximum absolute atomic E-state index is 5.55. The molecule has 1 atom stereocenters. The molecule has 0 spiro atoms. The van der Waals surface area contributed by atoms with Gasteiger partial charge in [-0.3, -0.25) is 9.58 Å². The highest BCUT2D eigenvalue weighted by molar-refractivity contribution is 5.58. The van der Waals surface area contributed by atoms with Crippen molar-refractivity contribution in [1.82, 2.24) is 19.6 Å². The van der Waals surface area contributed by atoms with E-state index >= 15 is 0 Å². The molecule has 0 N–H and O–H groups in total. The first-order valence-electron chi connectivity index (χ1n) is 10.7. The molecule has 2 fully saturated rings. The number of benzene rings is 1. The van der Waals surface area contributed by atoms with Crippen LogP contribution >= 0.6 is 0 Å². The van der Waals surface area contributed by atoms with Gasteiger partial charge in [-0.15, -0.1) is 0 Å². The smallest absolute Gasteiger partial charge is 0.142 e. The van der Waals surface area contributed by atoms with E-state index in [9.17, 15) is 0 Å². The van der Waals surface area contributed by atoms with Gasteiger partial charge in [0.05, 0.1) is 12.8 Å².